The maximum absolute atomic E-state index is 5.65. The van der Waals surface area contributed by atoms with E-state index in [1.165, 1.54) is 0 Å². The molecule has 0 amide bonds. The van der Waals surface area contributed by atoms with Crippen molar-refractivity contribution in [3.63, 3.8) is 0 Å². The van der Waals surface area contributed by atoms with E-state index in [2.05, 4.69) is 20.9 Å². The van der Waals surface area contributed by atoms with Gasteiger partial charge in [0.05, 0.1) is 0 Å². The van der Waals surface area contributed by atoms with Gasteiger partial charge >= 0.3 is 0 Å². The van der Waals surface area contributed by atoms with Crippen LogP contribution in [0.25, 0.3) is 0 Å². The summed E-state index contributed by atoms with van der Waals surface area (Å²) in [6, 6.07) is 11.5. The average molecular weight is 323 g/mol. The molecule has 2 aromatic rings. The molecule has 0 fully saturated rings. The van der Waals surface area contributed by atoms with Crippen LogP contribution >= 0.6 is 28.1 Å². The van der Waals surface area contributed by atoms with Gasteiger partial charge in [-0.2, -0.15) is 0 Å². The normalized spacial score (nSPS) is 10.1. The van der Waals surface area contributed by atoms with Crippen molar-refractivity contribution < 1.29 is 4.74 Å². The zero-order chi connectivity index (χ0) is 13.0. The number of thiocarbonyl (C=S) groups is 1. The highest BCUT2D eigenvalue weighted by molar-refractivity contribution is 9.10. The van der Waals surface area contributed by atoms with Crippen LogP contribution in [0.3, 0.4) is 0 Å². The molecule has 0 spiro atoms. The first-order valence-electron chi connectivity index (χ1n) is 5.28. The molecule has 0 aliphatic rings. The molecule has 3 nitrogen and oxygen atoms in total. The van der Waals surface area contributed by atoms with Crippen LogP contribution in [0.2, 0.25) is 0 Å². The lowest BCUT2D eigenvalue weighted by Gasteiger charge is -2.07. The number of rotatable bonds is 4. The Bertz CT molecular complexity index is 557. The summed E-state index contributed by atoms with van der Waals surface area (Å²) in [5, 5.41) is 0. The number of nitrogens with two attached hydrogens (primary N) is 1. The maximum Gasteiger partial charge on any atom is 0.123 e. The minimum atomic E-state index is 0.268. The molecule has 0 bridgehead atoms. The maximum atomic E-state index is 5.65. The van der Waals surface area contributed by atoms with E-state index < -0.39 is 0 Å². The molecule has 1 aromatic heterocycles. The van der Waals surface area contributed by atoms with Crippen LogP contribution in [0.1, 0.15) is 11.3 Å². The second kappa shape index (κ2) is 5.93. The SMILES string of the molecule is NC(=S)c1cc(OCc2ccc(Br)cc2)ccn1. The van der Waals surface area contributed by atoms with Gasteiger partial charge in [0.1, 0.15) is 23.0 Å². The zero-order valence-corrected chi connectivity index (χ0v) is 11.9. The Labute approximate surface area is 119 Å². The number of halogens is 1. The predicted molar refractivity (Wildman–Crippen MR) is 78.6 cm³/mol. The quantitative estimate of drug-likeness (QED) is 0.879. The summed E-state index contributed by atoms with van der Waals surface area (Å²) in [5.74, 6) is 0.704. The van der Waals surface area contributed by atoms with E-state index in [1.807, 2.05) is 24.3 Å². The van der Waals surface area contributed by atoms with Crippen molar-refractivity contribution in [1.29, 1.82) is 0 Å². The largest absolute Gasteiger partial charge is 0.489 e. The zero-order valence-electron chi connectivity index (χ0n) is 9.47. The molecule has 2 N–H and O–H groups in total. The molecule has 0 aliphatic heterocycles. The summed E-state index contributed by atoms with van der Waals surface area (Å²) >= 11 is 8.26. The van der Waals surface area contributed by atoms with Gasteiger partial charge in [-0.1, -0.05) is 40.3 Å². The minimum absolute atomic E-state index is 0.268. The smallest absolute Gasteiger partial charge is 0.123 e. The summed E-state index contributed by atoms with van der Waals surface area (Å²) in [6.45, 7) is 0.494. The fourth-order valence-electron chi connectivity index (χ4n) is 1.38. The van der Waals surface area contributed by atoms with Crippen molar-refractivity contribution in [2.45, 2.75) is 6.61 Å². The Morgan fingerprint density at radius 1 is 1.28 bits per heavy atom. The van der Waals surface area contributed by atoms with Crippen LogP contribution in [0.5, 0.6) is 5.75 Å². The van der Waals surface area contributed by atoms with E-state index in [4.69, 9.17) is 22.7 Å². The summed E-state index contributed by atoms with van der Waals surface area (Å²) in [5.41, 5.74) is 7.17. The van der Waals surface area contributed by atoms with Gasteiger partial charge in [0.2, 0.25) is 0 Å². The molecule has 2 rings (SSSR count). The number of aromatic nitrogens is 1. The molecule has 0 aliphatic carbocycles. The third-order valence-corrected chi connectivity index (χ3v) is 3.04. The molecule has 0 unspecified atom stereocenters. The molecule has 0 saturated heterocycles. The summed E-state index contributed by atoms with van der Waals surface area (Å²) in [4.78, 5) is 4.32. The second-order valence-electron chi connectivity index (χ2n) is 3.66. The van der Waals surface area contributed by atoms with Crippen LogP contribution in [0.4, 0.5) is 0 Å². The Balaban J connectivity index is 2.04. The van der Waals surface area contributed by atoms with Crippen LogP contribution in [0, 0.1) is 0 Å². The number of nitrogens with zero attached hydrogens (tertiary/aromatic N) is 1. The van der Waals surface area contributed by atoms with Gasteiger partial charge in [-0.15, -0.1) is 0 Å². The van der Waals surface area contributed by atoms with Crippen LogP contribution in [-0.4, -0.2) is 9.97 Å². The molecule has 1 heterocycles. The Kier molecular flexibility index (Phi) is 4.28. The van der Waals surface area contributed by atoms with Gasteiger partial charge in [-0.25, -0.2) is 0 Å². The Morgan fingerprint density at radius 3 is 2.67 bits per heavy atom. The topological polar surface area (TPSA) is 48.1 Å². The van der Waals surface area contributed by atoms with Crippen LogP contribution in [0.15, 0.2) is 47.1 Å². The molecule has 5 heteroatoms. The van der Waals surface area contributed by atoms with E-state index >= 15 is 0 Å². The molecule has 18 heavy (non-hydrogen) atoms. The van der Waals surface area contributed by atoms with Crippen molar-refractivity contribution in [1.82, 2.24) is 4.98 Å². The lowest BCUT2D eigenvalue weighted by Crippen LogP contribution is -2.11. The predicted octanol–water partition coefficient (Wildman–Crippen LogP) is 3.06. The standard InChI is InChI=1S/C13H11BrN2OS/c14-10-3-1-9(2-4-10)8-17-11-5-6-16-12(7-11)13(15)18/h1-7H,8H2,(H2,15,18). The number of hydrogen-bond donors (Lipinski definition) is 1. The van der Waals surface area contributed by atoms with E-state index in [0.29, 0.717) is 18.1 Å². The Hall–Kier alpha value is -1.46. The van der Waals surface area contributed by atoms with Crippen LogP contribution < -0.4 is 10.5 Å². The monoisotopic (exact) mass is 322 g/mol. The lowest BCUT2D eigenvalue weighted by molar-refractivity contribution is 0.306. The van der Waals surface area contributed by atoms with Gasteiger partial charge < -0.3 is 10.5 Å². The lowest BCUT2D eigenvalue weighted by atomic mass is 10.2. The molecule has 0 saturated carbocycles. The van der Waals surface area contributed by atoms with E-state index in [1.54, 1.807) is 18.3 Å². The van der Waals surface area contributed by atoms with Gasteiger partial charge in [-0.3, -0.25) is 4.98 Å². The third kappa shape index (κ3) is 3.51. The molecule has 1 aromatic carbocycles. The van der Waals surface area contributed by atoms with Gasteiger partial charge in [-0.05, 0) is 23.8 Å². The fraction of sp³-hybridized carbons (Fsp3) is 0.0769. The highest BCUT2D eigenvalue weighted by Gasteiger charge is 2.01. The molecule has 0 atom stereocenters. The first-order valence-corrected chi connectivity index (χ1v) is 6.48. The number of pyridine rings is 1. The molecule has 92 valence electrons. The Morgan fingerprint density at radius 2 is 2.00 bits per heavy atom. The molecule has 0 radical (unpaired) electrons. The number of benzene rings is 1. The third-order valence-electron chi connectivity index (χ3n) is 2.30. The number of hydrogen-bond acceptors (Lipinski definition) is 3. The molecular weight excluding hydrogens is 312 g/mol. The van der Waals surface area contributed by atoms with E-state index in [-0.39, 0.29) is 4.99 Å². The van der Waals surface area contributed by atoms with Gasteiger partial charge in [0.15, 0.2) is 0 Å². The first kappa shape index (κ1) is 13.0. The average Bonchev–Trinajstić information content (AvgIpc) is 2.38. The summed E-state index contributed by atoms with van der Waals surface area (Å²) in [7, 11) is 0. The van der Waals surface area contributed by atoms with Gasteiger partial charge in [0, 0.05) is 16.7 Å². The summed E-state index contributed by atoms with van der Waals surface area (Å²) in [6.07, 6.45) is 1.63. The second-order valence-corrected chi connectivity index (χ2v) is 5.01. The highest BCUT2D eigenvalue weighted by Crippen LogP contribution is 2.15. The highest BCUT2D eigenvalue weighted by atomic mass is 79.9. The van der Waals surface area contributed by atoms with Crippen LogP contribution in [-0.2, 0) is 6.61 Å². The van der Waals surface area contributed by atoms with Crippen molar-refractivity contribution >= 4 is 33.1 Å². The van der Waals surface area contributed by atoms with Gasteiger partial charge in [0.25, 0.3) is 0 Å². The minimum Gasteiger partial charge on any atom is -0.489 e. The van der Waals surface area contributed by atoms with E-state index in [0.717, 1.165) is 10.0 Å². The number of ether oxygens (including phenoxy) is 1. The van der Waals surface area contributed by atoms with Crippen molar-refractivity contribution in [3.05, 3.63) is 58.3 Å². The first-order chi connectivity index (χ1) is 8.65. The molecular formula is C13H11BrN2OS. The van der Waals surface area contributed by atoms with E-state index in [9.17, 15) is 0 Å². The van der Waals surface area contributed by atoms with Crippen molar-refractivity contribution in [2.24, 2.45) is 5.73 Å². The fourth-order valence-corrected chi connectivity index (χ4v) is 1.76. The van der Waals surface area contributed by atoms with Crippen molar-refractivity contribution in [3.8, 4) is 5.75 Å². The summed E-state index contributed by atoms with van der Waals surface area (Å²) < 4.78 is 6.70. The van der Waals surface area contributed by atoms with Crippen molar-refractivity contribution in [2.75, 3.05) is 0 Å².